The van der Waals surface area contributed by atoms with E-state index in [0.29, 0.717) is 5.69 Å². The van der Waals surface area contributed by atoms with Gasteiger partial charge in [-0.3, -0.25) is 4.79 Å². The van der Waals surface area contributed by atoms with E-state index >= 15 is 0 Å². The molecule has 0 unspecified atom stereocenters. The van der Waals surface area contributed by atoms with Gasteiger partial charge in [0, 0.05) is 31.9 Å². The van der Waals surface area contributed by atoms with Gasteiger partial charge in [0.05, 0.1) is 0 Å². The van der Waals surface area contributed by atoms with Crippen LogP contribution >= 0.6 is 0 Å². The summed E-state index contributed by atoms with van der Waals surface area (Å²) in [6, 6.07) is 13.5. The average Bonchev–Trinajstić information content (AvgIpc) is 2.63. The molecule has 1 aromatic carbocycles. The number of carbonyl (C=O) groups excluding carboxylic acids is 1. The average molecular weight is 324 g/mol. The number of piperazine rings is 1. The molecule has 0 atom stereocenters. The van der Waals surface area contributed by atoms with Crippen LogP contribution in [-0.2, 0) is 6.42 Å². The van der Waals surface area contributed by atoms with E-state index in [0.717, 1.165) is 49.7 Å². The molecule has 5 heteroatoms. The number of hydrogen-bond donors (Lipinski definition) is 1. The van der Waals surface area contributed by atoms with Crippen LogP contribution in [0.1, 0.15) is 23.0 Å². The number of rotatable bonds is 4. The number of nitrogens with one attached hydrogen (secondary N) is 1. The van der Waals surface area contributed by atoms with Crippen molar-refractivity contribution in [2.45, 2.75) is 13.3 Å². The number of likely N-dealkylation sites (N-methyl/N-ethyl adjacent to an activating group) is 1. The largest absolute Gasteiger partial charge is 0.354 e. The number of para-hydroxylation sites is 1. The van der Waals surface area contributed by atoms with Gasteiger partial charge >= 0.3 is 0 Å². The molecule has 24 heavy (non-hydrogen) atoms. The zero-order valence-electron chi connectivity index (χ0n) is 14.3. The molecule has 1 aliphatic heterocycles. The predicted molar refractivity (Wildman–Crippen MR) is 97.7 cm³/mol. The Bertz CT molecular complexity index is 708. The second-order valence-electron chi connectivity index (χ2n) is 6.14. The van der Waals surface area contributed by atoms with Crippen LogP contribution in [0.3, 0.4) is 0 Å². The zero-order chi connectivity index (χ0) is 16.9. The minimum Gasteiger partial charge on any atom is -0.354 e. The van der Waals surface area contributed by atoms with Crippen molar-refractivity contribution in [2.75, 3.05) is 43.4 Å². The molecule has 1 amide bonds. The molecule has 2 heterocycles. The third kappa shape index (κ3) is 3.74. The number of benzene rings is 1. The first kappa shape index (κ1) is 16.5. The van der Waals surface area contributed by atoms with E-state index in [1.807, 2.05) is 36.4 Å². The topological polar surface area (TPSA) is 48.5 Å². The van der Waals surface area contributed by atoms with Crippen molar-refractivity contribution in [3.8, 4) is 0 Å². The number of nitrogens with zero attached hydrogens (tertiary/aromatic N) is 3. The Hall–Kier alpha value is -2.40. The molecule has 0 radical (unpaired) electrons. The number of carbonyl (C=O) groups is 1. The minimum absolute atomic E-state index is 0.160. The van der Waals surface area contributed by atoms with Crippen LogP contribution in [0.15, 0.2) is 42.5 Å². The van der Waals surface area contributed by atoms with Gasteiger partial charge < -0.3 is 15.1 Å². The summed E-state index contributed by atoms with van der Waals surface area (Å²) in [5.74, 6) is 0.714. The maximum Gasteiger partial charge on any atom is 0.274 e. The van der Waals surface area contributed by atoms with Crippen LogP contribution < -0.4 is 10.2 Å². The fourth-order valence-corrected chi connectivity index (χ4v) is 2.90. The van der Waals surface area contributed by atoms with E-state index in [9.17, 15) is 4.79 Å². The van der Waals surface area contributed by atoms with Crippen molar-refractivity contribution in [1.29, 1.82) is 0 Å². The van der Waals surface area contributed by atoms with Crippen LogP contribution in [-0.4, -0.2) is 49.0 Å². The molecule has 3 rings (SSSR count). The zero-order valence-corrected chi connectivity index (χ0v) is 14.3. The lowest BCUT2D eigenvalue weighted by molar-refractivity contribution is 0.102. The smallest absolute Gasteiger partial charge is 0.274 e. The van der Waals surface area contributed by atoms with Crippen molar-refractivity contribution in [3.63, 3.8) is 0 Å². The Morgan fingerprint density at radius 1 is 1.08 bits per heavy atom. The Morgan fingerprint density at radius 3 is 2.58 bits per heavy atom. The van der Waals surface area contributed by atoms with Crippen LogP contribution in [0, 0.1) is 0 Å². The standard InChI is InChI=1S/C19H24N4O/c1-3-15-7-4-5-8-16(15)21-19(24)17-9-6-10-18(20-17)23-13-11-22(2)12-14-23/h4-10H,3,11-14H2,1-2H3,(H,21,24). The van der Waals surface area contributed by atoms with Gasteiger partial charge in [-0.25, -0.2) is 4.98 Å². The van der Waals surface area contributed by atoms with Gasteiger partial charge in [-0.1, -0.05) is 31.2 Å². The lowest BCUT2D eigenvalue weighted by Gasteiger charge is -2.33. The quantitative estimate of drug-likeness (QED) is 0.939. The first-order chi connectivity index (χ1) is 11.7. The third-order valence-electron chi connectivity index (χ3n) is 4.44. The summed E-state index contributed by atoms with van der Waals surface area (Å²) in [5, 5.41) is 2.99. The summed E-state index contributed by atoms with van der Waals surface area (Å²) >= 11 is 0. The Kier molecular flexibility index (Phi) is 5.11. The van der Waals surface area contributed by atoms with Gasteiger partial charge in [0.1, 0.15) is 11.5 Å². The van der Waals surface area contributed by atoms with Gasteiger partial charge in [0.2, 0.25) is 0 Å². The SMILES string of the molecule is CCc1ccccc1NC(=O)c1cccc(N2CCN(C)CC2)n1. The molecule has 0 spiro atoms. The van der Waals surface area contributed by atoms with Crippen molar-refractivity contribution in [3.05, 3.63) is 53.7 Å². The predicted octanol–water partition coefficient (Wildman–Crippen LogP) is 2.65. The summed E-state index contributed by atoms with van der Waals surface area (Å²) in [7, 11) is 2.12. The third-order valence-corrected chi connectivity index (χ3v) is 4.44. The Morgan fingerprint density at radius 2 is 1.83 bits per heavy atom. The Balaban J connectivity index is 1.75. The molecule has 5 nitrogen and oxygen atoms in total. The van der Waals surface area contributed by atoms with Gasteiger partial charge in [0.15, 0.2) is 0 Å². The second-order valence-corrected chi connectivity index (χ2v) is 6.14. The van der Waals surface area contributed by atoms with E-state index < -0.39 is 0 Å². The number of pyridine rings is 1. The van der Waals surface area contributed by atoms with Crippen LogP contribution in [0.4, 0.5) is 11.5 Å². The van der Waals surface area contributed by atoms with Gasteiger partial charge in [0.25, 0.3) is 5.91 Å². The highest BCUT2D eigenvalue weighted by Gasteiger charge is 2.17. The maximum absolute atomic E-state index is 12.6. The first-order valence-electron chi connectivity index (χ1n) is 8.47. The van der Waals surface area contributed by atoms with Crippen molar-refractivity contribution < 1.29 is 4.79 Å². The summed E-state index contributed by atoms with van der Waals surface area (Å²) in [5.41, 5.74) is 2.44. The highest BCUT2D eigenvalue weighted by molar-refractivity contribution is 6.03. The molecule has 1 aliphatic rings. The molecule has 0 aliphatic carbocycles. The van der Waals surface area contributed by atoms with Crippen LogP contribution in [0.2, 0.25) is 0 Å². The van der Waals surface area contributed by atoms with Crippen LogP contribution in [0.25, 0.3) is 0 Å². The molecule has 0 saturated carbocycles. The van der Waals surface area contributed by atoms with E-state index in [1.54, 1.807) is 6.07 Å². The molecule has 126 valence electrons. The van der Waals surface area contributed by atoms with Gasteiger partial charge in [-0.2, -0.15) is 0 Å². The number of anilines is 2. The molecule has 1 aromatic heterocycles. The van der Waals surface area contributed by atoms with Gasteiger partial charge in [-0.15, -0.1) is 0 Å². The van der Waals surface area contributed by atoms with Crippen molar-refractivity contribution in [2.24, 2.45) is 0 Å². The monoisotopic (exact) mass is 324 g/mol. The lowest BCUT2D eigenvalue weighted by Crippen LogP contribution is -2.44. The molecule has 1 saturated heterocycles. The van der Waals surface area contributed by atoms with Crippen LogP contribution in [0.5, 0.6) is 0 Å². The Labute approximate surface area is 143 Å². The molecule has 1 fully saturated rings. The lowest BCUT2D eigenvalue weighted by atomic mass is 10.1. The minimum atomic E-state index is -0.160. The van der Waals surface area contributed by atoms with E-state index in [2.05, 4.69) is 34.1 Å². The second kappa shape index (κ2) is 7.45. The molecule has 0 bridgehead atoms. The van der Waals surface area contributed by atoms with E-state index in [-0.39, 0.29) is 5.91 Å². The summed E-state index contributed by atoms with van der Waals surface area (Å²) in [6.07, 6.45) is 0.880. The highest BCUT2D eigenvalue weighted by atomic mass is 16.1. The highest BCUT2D eigenvalue weighted by Crippen LogP contribution is 2.18. The van der Waals surface area contributed by atoms with Gasteiger partial charge in [-0.05, 0) is 37.2 Å². The number of aromatic nitrogens is 1. The molecular formula is C19H24N4O. The number of aryl methyl sites for hydroxylation is 1. The van der Waals surface area contributed by atoms with Crippen molar-refractivity contribution in [1.82, 2.24) is 9.88 Å². The summed E-state index contributed by atoms with van der Waals surface area (Å²) in [6.45, 7) is 5.99. The first-order valence-corrected chi connectivity index (χ1v) is 8.47. The molecular weight excluding hydrogens is 300 g/mol. The fourth-order valence-electron chi connectivity index (χ4n) is 2.90. The van der Waals surface area contributed by atoms with E-state index in [4.69, 9.17) is 0 Å². The maximum atomic E-state index is 12.6. The molecule has 2 aromatic rings. The fraction of sp³-hybridized carbons (Fsp3) is 0.368. The molecule has 1 N–H and O–H groups in total. The summed E-state index contributed by atoms with van der Waals surface area (Å²) < 4.78 is 0. The van der Waals surface area contributed by atoms with Crippen molar-refractivity contribution >= 4 is 17.4 Å². The van der Waals surface area contributed by atoms with E-state index in [1.165, 1.54) is 0 Å². The number of amides is 1. The number of hydrogen-bond acceptors (Lipinski definition) is 4. The normalized spacial score (nSPS) is 15.3. The summed E-state index contributed by atoms with van der Waals surface area (Å²) in [4.78, 5) is 21.7.